The Bertz CT molecular complexity index is 442. The molecule has 2 aliphatic rings. The minimum Gasteiger partial charge on any atom is -0.384 e. The number of rotatable bonds is 2. The molecule has 1 aromatic carbocycles. The van der Waals surface area contributed by atoms with Crippen LogP contribution < -0.4 is 5.32 Å². The number of hydrogen-bond acceptors (Lipinski definition) is 3. The molecule has 0 aromatic heterocycles. The summed E-state index contributed by atoms with van der Waals surface area (Å²) in [5.41, 5.74) is 4.19. The molecule has 0 aliphatic carbocycles. The van der Waals surface area contributed by atoms with Crippen LogP contribution in [0.15, 0.2) is 18.2 Å². The molecule has 1 fully saturated rings. The summed E-state index contributed by atoms with van der Waals surface area (Å²) >= 11 is 0. The van der Waals surface area contributed by atoms with Gasteiger partial charge in [-0.15, -0.1) is 0 Å². The number of ether oxygens (including phenoxy) is 1. The van der Waals surface area contributed by atoms with Gasteiger partial charge in [-0.1, -0.05) is 12.1 Å². The highest BCUT2D eigenvalue weighted by Gasteiger charge is 2.27. The Morgan fingerprint density at radius 3 is 3.11 bits per heavy atom. The minimum absolute atomic E-state index is 0.00672. The SMILES string of the molecule is CC1(C)CN(Cc2ccc3c(c2)NCC3)CCO1. The van der Waals surface area contributed by atoms with Gasteiger partial charge >= 0.3 is 0 Å². The van der Waals surface area contributed by atoms with Crippen LogP contribution in [0.1, 0.15) is 25.0 Å². The van der Waals surface area contributed by atoms with E-state index in [9.17, 15) is 0 Å². The first kappa shape index (κ1) is 12.0. The van der Waals surface area contributed by atoms with Crippen molar-refractivity contribution >= 4 is 5.69 Å². The van der Waals surface area contributed by atoms with Crippen molar-refractivity contribution in [3.63, 3.8) is 0 Å². The predicted molar refractivity (Wildman–Crippen MR) is 73.9 cm³/mol. The summed E-state index contributed by atoms with van der Waals surface area (Å²) < 4.78 is 5.75. The van der Waals surface area contributed by atoms with Gasteiger partial charge in [-0.2, -0.15) is 0 Å². The van der Waals surface area contributed by atoms with E-state index in [-0.39, 0.29) is 5.60 Å². The van der Waals surface area contributed by atoms with Gasteiger partial charge in [-0.3, -0.25) is 4.90 Å². The van der Waals surface area contributed by atoms with Crippen molar-refractivity contribution in [2.24, 2.45) is 0 Å². The smallest absolute Gasteiger partial charge is 0.0753 e. The Labute approximate surface area is 109 Å². The molecule has 1 N–H and O–H groups in total. The fraction of sp³-hybridized carbons (Fsp3) is 0.600. The molecule has 3 nitrogen and oxygen atoms in total. The van der Waals surface area contributed by atoms with E-state index in [4.69, 9.17) is 4.74 Å². The molecule has 0 radical (unpaired) electrons. The quantitative estimate of drug-likeness (QED) is 0.866. The van der Waals surface area contributed by atoms with Gasteiger partial charge in [0.05, 0.1) is 12.2 Å². The molecule has 3 heteroatoms. The van der Waals surface area contributed by atoms with Crippen molar-refractivity contribution in [1.82, 2.24) is 4.90 Å². The number of fused-ring (bicyclic) bond motifs is 1. The Morgan fingerprint density at radius 1 is 1.39 bits per heavy atom. The van der Waals surface area contributed by atoms with E-state index in [0.29, 0.717) is 0 Å². The summed E-state index contributed by atoms with van der Waals surface area (Å²) in [6, 6.07) is 6.86. The topological polar surface area (TPSA) is 24.5 Å². The zero-order valence-electron chi connectivity index (χ0n) is 11.3. The number of nitrogens with zero attached hydrogens (tertiary/aromatic N) is 1. The first-order chi connectivity index (χ1) is 8.62. The van der Waals surface area contributed by atoms with Crippen molar-refractivity contribution in [2.75, 3.05) is 31.6 Å². The molecule has 0 spiro atoms. The number of nitrogens with one attached hydrogen (secondary N) is 1. The van der Waals surface area contributed by atoms with Crippen molar-refractivity contribution in [1.29, 1.82) is 0 Å². The van der Waals surface area contributed by atoms with Crippen molar-refractivity contribution in [3.8, 4) is 0 Å². The molecular weight excluding hydrogens is 224 g/mol. The Hall–Kier alpha value is -1.06. The third-order valence-corrected chi connectivity index (χ3v) is 3.79. The summed E-state index contributed by atoms with van der Waals surface area (Å²) in [5, 5.41) is 3.45. The second-order valence-corrected chi connectivity index (χ2v) is 5.99. The van der Waals surface area contributed by atoms with Gasteiger partial charge in [0.1, 0.15) is 0 Å². The van der Waals surface area contributed by atoms with E-state index in [1.807, 2.05) is 0 Å². The zero-order chi connectivity index (χ0) is 12.6. The van der Waals surface area contributed by atoms with E-state index in [1.54, 1.807) is 0 Å². The summed E-state index contributed by atoms with van der Waals surface area (Å²) in [5.74, 6) is 0. The molecule has 1 saturated heterocycles. The van der Waals surface area contributed by atoms with E-state index in [2.05, 4.69) is 42.3 Å². The van der Waals surface area contributed by atoms with Crippen LogP contribution in [0.5, 0.6) is 0 Å². The summed E-state index contributed by atoms with van der Waals surface area (Å²) in [6.07, 6.45) is 1.17. The highest BCUT2D eigenvalue weighted by Crippen LogP contribution is 2.25. The van der Waals surface area contributed by atoms with Crippen LogP contribution in [0.25, 0.3) is 0 Å². The zero-order valence-corrected chi connectivity index (χ0v) is 11.3. The van der Waals surface area contributed by atoms with Gasteiger partial charge in [-0.25, -0.2) is 0 Å². The fourth-order valence-corrected chi connectivity index (χ4v) is 2.94. The lowest BCUT2D eigenvalue weighted by atomic mass is 10.1. The third kappa shape index (κ3) is 2.52. The van der Waals surface area contributed by atoms with Gasteiger partial charge < -0.3 is 10.1 Å². The van der Waals surface area contributed by atoms with Crippen LogP contribution in [0, 0.1) is 0 Å². The summed E-state index contributed by atoms with van der Waals surface area (Å²) in [4.78, 5) is 2.49. The second kappa shape index (κ2) is 4.56. The largest absolute Gasteiger partial charge is 0.384 e. The van der Waals surface area contributed by atoms with Crippen molar-refractivity contribution in [3.05, 3.63) is 29.3 Å². The lowest BCUT2D eigenvalue weighted by molar-refractivity contribution is -0.0882. The maximum absolute atomic E-state index is 5.75. The van der Waals surface area contributed by atoms with Crippen molar-refractivity contribution in [2.45, 2.75) is 32.4 Å². The minimum atomic E-state index is -0.00672. The van der Waals surface area contributed by atoms with E-state index in [1.165, 1.54) is 23.2 Å². The lowest BCUT2D eigenvalue weighted by Crippen LogP contribution is -2.47. The molecule has 98 valence electrons. The summed E-state index contributed by atoms with van der Waals surface area (Å²) in [6.45, 7) is 9.35. The monoisotopic (exact) mass is 246 g/mol. The molecule has 0 amide bonds. The van der Waals surface area contributed by atoms with E-state index in [0.717, 1.165) is 32.8 Å². The van der Waals surface area contributed by atoms with Crippen molar-refractivity contribution < 1.29 is 4.74 Å². The average Bonchev–Trinajstić information content (AvgIpc) is 2.74. The third-order valence-electron chi connectivity index (χ3n) is 3.79. The number of morpholine rings is 1. The standard InChI is InChI=1S/C15H22N2O/c1-15(2)11-17(7-8-18-15)10-12-3-4-13-5-6-16-14(13)9-12/h3-4,9,16H,5-8,10-11H2,1-2H3. The van der Waals surface area contributed by atoms with Crippen LogP contribution in [-0.2, 0) is 17.7 Å². The van der Waals surface area contributed by atoms with Gasteiger partial charge in [0, 0.05) is 31.9 Å². The molecule has 1 aromatic rings. The molecule has 0 saturated carbocycles. The maximum atomic E-state index is 5.75. The molecule has 3 rings (SSSR count). The average molecular weight is 246 g/mol. The normalized spacial score (nSPS) is 22.6. The molecule has 2 aliphatic heterocycles. The summed E-state index contributed by atoms with van der Waals surface area (Å²) in [7, 11) is 0. The molecule has 18 heavy (non-hydrogen) atoms. The van der Waals surface area contributed by atoms with Gasteiger partial charge in [0.15, 0.2) is 0 Å². The fourth-order valence-electron chi connectivity index (χ4n) is 2.94. The first-order valence-electron chi connectivity index (χ1n) is 6.84. The van der Waals surface area contributed by atoms with Gasteiger partial charge in [0.2, 0.25) is 0 Å². The Kier molecular flexibility index (Phi) is 3.04. The number of hydrogen-bond donors (Lipinski definition) is 1. The van der Waals surface area contributed by atoms with Gasteiger partial charge in [-0.05, 0) is 37.5 Å². The van der Waals surface area contributed by atoms with Crippen LogP contribution in [0.4, 0.5) is 5.69 Å². The Morgan fingerprint density at radius 2 is 2.28 bits per heavy atom. The van der Waals surface area contributed by atoms with Crippen LogP contribution in [0.3, 0.4) is 0 Å². The van der Waals surface area contributed by atoms with Gasteiger partial charge in [0.25, 0.3) is 0 Å². The van der Waals surface area contributed by atoms with E-state index < -0.39 is 0 Å². The number of anilines is 1. The first-order valence-corrected chi connectivity index (χ1v) is 6.84. The van der Waals surface area contributed by atoms with E-state index >= 15 is 0 Å². The highest BCUT2D eigenvalue weighted by molar-refractivity contribution is 5.57. The lowest BCUT2D eigenvalue weighted by Gasteiger charge is -2.38. The van der Waals surface area contributed by atoms with Crippen LogP contribution in [-0.4, -0.2) is 36.7 Å². The number of benzene rings is 1. The molecular formula is C15H22N2O. The highest BCUT2D eigenvalue weighted by atomic mass is 16.5. The molecule has 2 heterocycles. The predicted octanol–water partition coefficient (Wildman–Crippen LogP) is 2.27. The molecule has 0 atom stereocenters. The second-order valence-electron chi connectivity index (χ2n) is 5.99. The Balaban J connectivity index is 1.69. The maximum Gasteiger partial charge on any atom is 0.0753 e. The molecule has 0 unspecified atom stereocenters. The van der Waals surface area contributed by atoms with Crippen LogP contribution in [0.2, 0.25) is 0 Å². The van der Waals surface area contributed by atoms with Crippen LogP contribution >= 0.6 is 0 Å². The molecule has 0 bridgehead atoms.